The predicted octanol–water partition coefficient (Wildman–Crippen LogP) is 1.69. The lowest BCUT2D eigenvalue weighted by Gasteiger charge is -2.24. The number of imidazole rings is 1. The number of aromatic amines is 1. The molecule has 2 aromatic rings. The van der Waals surface area contributed by atoms with Crippen molar-refractivity contribution >= 4 is 11.8 Å². The van der Waals surface area contributed by atoms with Crippen LogP contribution in [0.2, 0.25) is 0 Å². The summed E-state index contributed by atoms with van der Waals surface area (Å²) in [5, 5.41) is 2.85. The highest BCUT2D eigenvalue weighted by Gasteiger charge is 2.42. The van der Waals surface area contributed by atoms with Crippen molar-refractivity contribution < 1.29 is 14.0 Å². The van der Waals surface area contributed by atoms with Crippen molar-refractivity contribution in [2.75, 3.05) is 7.05 Å². The van der Waals surface area contributed by atoms with Gasteiger partial charge in [0.1, 0.15) is 5.82 Å². The first-order chi connectivity index (χ1) is 11.5. The van der Waals surface area contributed by atoms with Gasteiger partial charge in [0.2, 0.25) is 11.8 Å². The lowest BCUT2D eigenvalue weighted by molar-refractivity contribution is -0.128. The lowest BCUT2D eigenvalue weighted by atomic mass is 9.93. The molecule has 2 atom stereocenters. The average molecular weight is 330 g/mol. The molecule has 0 bridgehead atoms. The molecule has 1 fully saturated rings. The summed E-state index contributed by atoms with van der Waals surface area (Å²) in [5.74, 6) is -1.15. The number of amides is 2. The van der Waals surface area contributed by atoms with E-state index in [1.165, 1.54) is 12.1 Å². The Kier molecular flexibility index (Phi) is 4.33. The zero-order chi connectivity index (χ0) is 17.3. The van der Waals surface area contributed by atoms with Crippen LogP contribution in [0.4, 0.5) is 4.39 Å². The fourth-order valence-corrected chi connectivity index (χ4v) is 3.09. The topological polar surface area (TPSA) is 78.1 Å². The van der Waals surface area contributed by atoms with Crippen LogP contribution in [-0.4, -0.2) is 33.7 Å². The van der Waals surface area contributed by atoms with E-state index in [1.807, 2.05) is 6.92 Å². The van der Waals surface area contributed by atoms with Crippen molar-refractivity contribution in [3.05, 3.63) is 53.4 Å². The number of hydrogen-bond acceptors (Lipinski definition) is 3. The lowest BCUT2D eigenvalue weighted by Crippen LogP contribution is -2.34. The maximum atomic E-state index is 13.1. The summed E-state index contributed by atoms with van der Waals surface area (Å²) in [5.41, 5.74) is 2.41. The van der Waals surface area contributed by atoms with Crippen molar-refractivity contribution in [2.45, 2.75) is 25.9 Å². The molecule has 0 saturated carbocycles. The number of aryl methyl sites for hydroxylation is 1. The number of halogens is 1. The summed E-state index contributed by atoms with van der Waals surface area (Å²) in [7, 11) is 1.67. The largest absolute Gasteiger partial charge is 0.350 e. The van der Waals surface area contributed by atoms with Gasteiger partial charge in [0.05, 0.1) is 30.5 Å². The van der Waals surface area contributed by atoms with Gasteiger partial charge in [-0.2, -0.15) is 0 Å². The molecule has 0 aliphatic carbocycles. The number of aromatic nitrogens is 2. The van der Waals surface area contributed by atoms with E-state index in [-0.39, 0.29) is 24.1 Å². The zero-order valence-electron chi connectivity index (χ0n) is 13.5. The maximum Gasteiger partial charge on any atom is 0.226 e. The van der Waals surface area contributed by atoms with Crippen molar-refractivity contribution in [3.63, 3.8) is 0 Å². The van der Waals surface area contributed by atoms with Gasteiger partial charge in [0.15, 0.2) is 0 Å². The SMILES string of the molecule is Cc1[nH]cnc1CNC(=O)[C@H]1CC(=O)N(C)[C@@H]1c1ccc(F)cc1. The van der Waals surface area contributed by atoms with Crippen molar-refractivity contribution in [2.24, 2.45) is 5.92 Å². The van der Waals surface area contributed by atoms with Crippen molar-refractivity contribution in [1.82, 2.24) is 20.2 Å². The molecule has 126 valence electrons. The fraction of sp³-hybridized carbons (Fsp3) is 0.353. The first-order valence-corrected chi connectivity index (χ1v) is 7.75. The highest BCUT2D eigenvalue weighted by molar-refractivity contribution is 5.90. The van der Waals surface area contributed by atoms with Gasteiger partial charge >= 0.3 is 0 Å². The molecular weight excluding hydrogens is 311 g/mol. The van der Waals surface area contributed by atoms with Crippen LogP contribution in [0.25, 0.3) is 0 Å². The third kappa shape index (κ3) is 3.02. The van der Waals surface area contributed by atoms with Gasteiger partial charge < -0.3 is 15.2 Å². The smallest absolute Gasteiger partial charge is 0.226 e. The normalized spacial score (nSPS) is 20.5. The fourth-order valence-electron chi connectivity index (χ4n) is 3.09. The Morgan fingerprint density at radius 3 is 2.75 bits per heavy atom. The molecule has 1 saturated heterocycles. The Bertz CT molecular complexity index is 756. The van der Waals surface area contributed by atoms with Gasteiger partial charge in [0, 0.05) is 19.2 Å². The van der Waals surface area contributed by atoms with Crippen LogP contribution in [0.15, 0.2) is 30.6 Å². The summed E-state index contributed by atoms with van der Waals surface area (Å²) >= 11 is 0. The molecule has 24 heavy (non-hydrogen) atoms. The van der Waals surface area contributed by atoms with E-state index in [9.17, 15) is 14.0 Å². The molecule has 2 amide bonds. The van der Waals surface area contributed by atoms with Crippen LogP contribution in [0, 0.1) is 18.7 Å². The molecule has 6 nitrogen and oxygen atoms in total. The second-order valence-corrected chi connectivity index (χ2v) is 6.00. The summed E-state index contributed by atoms with van der Waals surface area (Å²) in [6, 6.07) is 5.53. The standard InChI is InChI=1S/C17H19FN4O2/c1-10-14(21-9-20-10)8-19-17(24)13-7-15(23)22(2)16(13)11-3-5-12(18)6-4-11/h3-6,9,13,16H,7-8H2,1-2H3,(H,19,24)(H,20,21)/t13-,16+/m0/s1. The average Bonchev–Trinajstić information content (AvgIpc) is 3.10. The molecule has 0 spiro atoms. The first kappa shape index (κ1) is 16.2. The van der Waals surface area contributed by atoms with E-state index in [2.05, 4.69) is 15.3 Å². The van der Waals surface area contributed by atoms with E-state index < -0.39 is 12.0 Å². The molecule has 1 aromatic heterocycles. The molecule has 2 N–H and O–H groups in total. The van der Waals surface area contributed by atoms with Crippen LogP contribution < -0.4 is 5.32 Å². The van der Waals surface area contributed by atoms with Crippen molar-refractivity contribution in [1.29, 1.82) is 0 Å². The van der Waals surface area contributed by atoms with Gasteiger partial charge in [-0.25, -0.2) is 9.37 Å². The van der Waals surface area contributed by atoms with E-state index in [0.29, 0.717) is 6.54 Å². The molecule has 7 heteroatoms. The Morgan fingerprint density at radius 1 is 1.42 bits per heavy atom. The number of benzene rings is 1. The molecule has 3 rings (SSSR count). The number of nitrogens with zero attached hydrogens (tertiary/aromatic N) is 2. The number of carbonyl (C=O) groups excluding carboxylic acids is 2. The number of hydrogen-bond donors (Lipinski definition) is 2. The minimum atomic E-state index is -0.507. The van der Waals surface area contributed by atoms with Gasteiger partial charge in [-0.3, -0.25) is 9.59 Å². The molecular formula is C17H19FN4O2. The summed E-state index contributed by atoms with van der Waals surface area (Å²) in [6.45, 7) is 2.18. The minimum Gasteiger partial charge on any atom is -0.350 e. The van der Waals surface area contributed by atoms with Crippen LogP contribution in [0.3, 0.4) is 0 Å². The molecule has 0 radical (unpaired) electrons. The van der Waals surface area contributed by atoms with E-state index in [1.54, 1.807) is 30.4 Å². The summed E-state index contributed by atoms with van der Waals surface area (Å²) in [4.78, 5) is 33.3. The van der Waals surface area contributed by atoms with Crippen LogP contribution >= 0.6 is 0 Å². The number of rotatable bonds is 4. The van der Waals surface area contributed by atoms with E-state index in [0.717, 1.165) is 17.0 Å². The summed E-state index contributed by atoms with van der Waals surface area (Å²) in [6.07, 6.45) is 1.72. The third-order valence-corrected chi connectivity index (χ3v) is 4.50. The number of carbonyl (C=O) groups is 2. The first-order valence-electron chi connectivity index (χ1n) is 7.75. The molecule has 1 aliphatic heterocycles. The summed E-state index contributed by atoms with van der Waals surface area (Å²) < 4.78 is 13.1. The minimum absolute atomic E-state index is 0.0968. The second-order valence-electron chi connectivity index (χ2n) is 6.00. The van der Waals surface area contributed by atoms with Gasteiger partial charge in [-0.1, -0.05) is 12.1 Å². The molecule has 0 unspecified atom stereocenters. The Morgan fingerprint density at radius 2 is 2.12 bits per heavy atom. The van der Waals surface area contributed by atoms with Crippen LogP contribution in [-0.2, 0) is 16.1 Å². The number of nitrogens with one attached hydrogen (secondary N) is 2. The Hall–Kier alpha value is -2.70. The van der Waals surface area contributed by atoms with Gasteiger partial charge in [-0.15, -0.1) is 0 Å². The number of likely N-dealkylation sites (tertiary alicyclic amines) is 1. The number of H-pyrrole nitrogens is 1. The highest BCUT2D eigenvalue weighted by Crippen LogP contribution is 2.37. The Labute approximate surface area is 139 Å². The highest BCUT2D eigenvalue weighted by atomic mass is 19.1. The van der Waals surface area contributed by atoms with Crippen LogP contribution in [0.1, 0.15) is 29.4 Å². The molecule has 1 aromatic carbocycles. The van der Waals surface area contributed by atoms with Gasteiger partial charge in [0.25, 0.3) is 0 Å². The van der Waals surface area contributed by atoms with E-state index >= 15 is 0 Å². The maximum absolute atomic E-state index is 13.1. The monoisotopic (exact) mass is 330 g/mol. The van der Waals surface area contributed by atoms with Gasteiger partial charge in [-0.05, 0) is 24.6 Å². The van der Waals surface area contributed by atoms with Crippen LogP contribution in [0.5, 0.6) is 0 Å². The quantitative estimate of drug-likeness (QED) is 0.895. The van der Waals surface area contributed by atoms with Crippen molar-refractivity contribution in [3.8, 4) is 0 Å². The predicted molar refractivity (Wildman–Crippen MR) is 85.2 cm³/mol. The molecule has 1 aliphatic rings. The Balaban J connectivity index is 1.76. The second kappa shape index (κ2) is 6.43. The van der Waals surface area contributed by atoms with E-state index in [4.69, 9.17) is 0 Å². The zero-order valence-corrected chi connectivity index (χ0v) is 13.5. The third-order valence-electron chi connectivity index (χ3n) is 4.50. The molecule has 2 heterocycles.